The van der Waals surface area contributed by atoms with Crippen LogP contribution in [0.4, 0.5) is 0 Å². The van der Waals surface area contributed by atoms with Crippen molar-refractivity contribution in [1.29, 1.82) is 0 Å². The van der Waals surface area contributed by atoms with E-state index in [1.807, 2.05) is 60.7 Å². The van der Waals surface area contributed by atoms with E-state index in [-0.39, 0.29) is 6.17 Å². The topological polar surface area (TPSA) is 66.8 Å². The smallest absolute Gasteiger partial charge is 0.326 e. The van der Waals surface area contributed by atoms with Gasteiger partial charge in [-0.3, -0.25) is 4.57 Å². The minimum Gasteiger partial charge on any atom is -0.450 e. The summed E-state index contributed by atoms with van der Waals surface area (Å²) in [5.74, 6) is 1.36. The molecule has 2 N–H and O–H groups in total. The molecule has 0 spiro atoms. The van der Waals surface area contributed by atoms with Gasteiger partial charge >= 0.3 is 7.48 Å². The van der Waals surface area contributed by atoms with Gasteiger partial charge in [-0.15, -0.1) is 0 Å². The second-order valence-electron chi connectivity index (χ2n) is 11.5. The van der Waals surface area contributed by atoms with E-state index in [4.69, 9.17) is 9.98 Å². The third kappa shape index (κ3) is 4.17. The molecule has 46 heavy (non-hydrogen) atoms. The summed E-state index contributed by atoms with van der Waals surface area (Å²) in [6.45, 7) is 0. The van der Waals surface area contributed by atoms with Gasteiger partial charge in [0.15, 0.2) is 0 Å². The SMILES string of the molecule is O[B]c1ccc2c(c1)c1cc3c(cc1n2C1=NC(c2ccccc2)NC(c2ccccc2)=N1)c1ccccc1n3-c1ccccc1. The lowest BCUT2D eigenvalue weighted by molar-refractivity contribution is 0.615. The van der Waals surface area contributed by atoms with Crippen LogP contribution in [-0.4, -0.2) is 33.4 Å². The zero-order chi connectivity index (χ0) is 30.6. The summed E-state index contributed by atoms with van der Waals surface area (Å²) in [5, 5.41) is 18.0. The Bertz CT molecular complexity index is 2480. The number of hydrogen-bond donors (Lipinski definition) is 2. The first-order chi connectivity index (χ1) is 22.8. The van der Waals surface area contributed by atoms with Crippen molar-refractivity contribution in [3.63, 3.8) is 0 Å². The molecule has 0 amide bonds. The summed E-state index contributed by atoms with van der Waals surface area (Å²) in [6, 6.07) is 50.0. The van der Waals surface area contributed by atoms with Crippen molar-refractivity contribution >= 4 is 68.4 Å². The monoisotopic (exact) mass is 592 g/mol. The van der Waals surface area contributed by atoms with Gasteiger partial charge in [-0.2, -0.15) is 4.99 Å². The lowest BCUT2D eigenvalue weighted by Crippen LogP contribution is -2.35. The van der Waals surface area contributed by atoms with Gasteiger partial charge in [0, 0.05) is 32.8 Å². The first-order valence-corrected chi connectivity index (χ1v) is 15.3. The van der Waals surface area contributed by atoms with Crippen LogP contribution in [0.2, 0.25) is 0 Å². The molecule has 0 saturated heterocycles. The summed E-state index contributed by atoms with van der Waals surface area (Å²) in [6.07, 6.45) is -0.329. The Balaban J connectivity index is 1.38. The molecule has 217 valence electrons. The van der Waals surface area contributed by atoms with Crippen LogP contribution >= 0.6 is 0 Å². The number of fused-ring (bicyclic) bond motifs is 6. The number of amidine groups is 1. The van der Waals surface area contributed by atoms with Gasteiger partial charge in [0.25, 0.3) is 0 Å². The molecule has 1 aliphatic rings. The Labute approximate surface area is 265 Å². The van der Waals surface area contributed by atoms with Crippen LogP contribution in [-0.2, 0) is 0 Å². The third-order valence-electron chi connectivity index (χ3n) is 8.84. The number of rotatable bonds is 4. The van der Waals surface area contributed by atoms with E-state index < -0.39 is 0 Å². The van der Waals surface area contributed by atoms with Gasteiger partial charge in [-0.25, -0.2) is 4.99 Å². The van der Waals surface area contributed by atoms with Crippen LogP contribution in [0, 0.1) is 0 Å². The largest absolute Gasteiger partial charge is 0.450 e. The summed E-state index contributed by atoms with van der Waals surface area (Å²) in [4.78, 5) is 10.4. The highest BCUT2D eigenvalue weighted by Gasteiger charge is 2.25. The highest BCUT2D eigenvalue weighted by molar-refractivity contribution is 6.46. The molecule has 6 aromatic carbocycles. The number of nitrogens with one attached hydrogen (secondary N) is 1. The molecular formula is C39H27BN5O. The van der Waals surface area contributed by atoms with Crippen molar-refractivity contribution in [3.8, 4) is 5.69 Å². The van der Waals surface area contributed by atoms with Crippen LogP contribution in [0.1, 0.15) is 17.3 Å². The number of hydrogen-bond acceptors (Lipinski definition) is 4. The molecule has 1 atom stereocenters. The fourth-order valence-corrected chi connectivity index (χ4v) is 6.73. The van der Waals surface area contributed by atoms with Crippen LogP contribution in [0.5, 0.6) is 0 Å². The third-order valence-corrected chi connectivity index (χ3v) is 8.84. The maximum absolute atomic E-state index is 10.0. The number of aromatic nitrogens is 2. The van der Waals surface area contributed by atoms with E-state index in [1.54, 1.807) is 0 Å². The summed E-state index contributed by atoms with van der Waals surface area (Å²) >= 11 is 0. The quantitative estimate of drug-likeness (QED) is 0.215. The fourth-order valence-electron chi connectivity index (χ4n) is 6.73. The molecule has 1 aliphatic heterocycles. The molecule has 9 rings (SSSR count). The van der Waals surface area contributed by atoms with Crippen molar-refractivity contribution in [3.05, 3.63) is 157 Å². The molecule has 8 aromatic rings. The normalized spacial score (nSPS) is 14.8. The van der Waals surface area contributed by atoms with E-state index >= 15 is 0 Å². The molecule has 0 aliphatic carbocycles. The lowest BCUT2D eigenvalue weighted by Gasteiger charge is -2.24. The average Bonchev–Trinajstić information content (AvgIpc) is 3.63. The number of aliphatic imine (C=N–C) groups is 2. The van der Waals surface area contributed by atoms with E-state index in [2.05, 4.69) is 99.4 Å². The molecule has 1 radical (unpaired) electrons. The lowest BCUT2D eigenvalue weighted by atomic mass is 9.88. The van der Waals surface area contributed by atoms with Crippen LogP contribution in [0.3, 0.4) is 0 Å². The Morgan fingerprint density at radius 1 is 0.565 bits per heavy atom. The second-order valence-corrected chi connectivity index (χ2v) is 11.5. The van der Waals surface area contributed by atoms with E-state index in [0.717, 1.165) is 73.8 Å². The van der Waals surface area contributed by atoms with Crippen molar-refractivity contribution in [2.45, 2.75) is 6.17 Å². The van der Waals surface area contributed by atoms with Gasteiger partial charge in [-0.05, 0) is 42.0 Å². The molecule has 0 bridgehead atoms. The number of para-hydroxylation sites is 2. The second kappa shape index (κ2) is 10.6. The molecule has 3 heterocycles. The number of nitrogens with zero attached hydrogens (tertiary/aromatic N) is 4. The Hall–Kier alpha value is -5.92. The molecule has 6 nitrogen and oxygen atoms in total. The summed E-state index contributed by atoms with van der Waals surface area (Å²) in [5.41, 5.74) is 8.09. The van der Waals surface area contributed by atoms with E-state index in [1.165, 1.54) is 5.39 Å². The Morgan fingerprint density at radius 2 is 1.17 bits per heavy atom. The van der Waals surface area contributed by atoms with Crippen LogP contribution < -0.4 is 10.8 Å². The molecule has 1 unspecified atom stereocenters. The van der Waals surface area contributed by atoms with Gasteiger partial charge in [0.1, 0.15) is 12.0 Å². The van der Waals surface area contributed by atoms with Crippen molar-refractivity contribution in [1.82, 2.24) is 14.5 Å². The van der Waals surface area contributed by atoms with Gasteiger partial charge in [-0.1, -0.05) is 115 Å². The average molecular weight is 592 g/mol. The number of benzene rings is 6. The van der Waals surface area contributed by atoms with E-state index in [9.17, 15) is 5.02 Å². The van der Waals surface area contributed by atoms with Crippen molar-refractivity contribution in [2.75, 3.05) is 0 Å². The Kier molecular flexibility index (Phi) is 6.11. The summed E-state index contributed by atoms with van der Waals surface area (Å²) in [7, 11) is 1.15. The highest BCUT2D eigenvalue weighted by Crippen LogP contribution is 2.38. The fraction of sp³-hybridized carbons (Fsp3) is 0.0256. The van der Waals surface area contributed by atoms with Gasteiger partial charge < -0.3 is 14.9 Å². The van der Waals surface area contributed by atoms with Crippen LogP contribution in [0.15, 0.2) is 156 Å². The highest BCUT2D eigenvalue weighted by atomic mass is 16.2. The van der Waals surface area contributed by atoms with Gasteiger partial charge in [0.05, 0.1) is 22.1 Å². The van der Waals surface area contributed by atoms with Crippen molar-refractivity contribution < 1.29 is 5.02 Å². The van der Waals surface area contributed by atoms with Crippen molar-refractivity contribution in [2.24, 2.45) is 9.98 Å². The maximum Gasteiger partial charge on any atom is 0.326 e. The van der Waals surface area contributed by atoms with Gasteiger partial charge in [0.2, 0.25) is 5.96 Å². The molecule has 0 fully saturated rings. The summed E-state index contributed by atoms with van der Waals surface area (Å²) < 4.78 is 4.49. The minimum atomic E-state index is -0.329. The zero-order valence-electron chi connectivity index (χ0n) is 24.7. The molecule has 0 saturated carbocycles. The molecule has 7 heteroatoms. The first kappa shape index (κ1) is 26.5. The van der Waals surface area contributed by atoms with E-state index in [0.29, 0.717) is 5.96 Å². The zero-order valence-corrected chi connectivity index (χ0v) is 24.7. The standard InChI is InChI=1S/C39H27BN5O/c46-40-27-20-21-34-30(22-27)32-24-35-31(29-18-10-11-19-33(29)44(35)28-16-8-3-9-17-28)23-36(32)45(34)39-42-37(25-12-4-1-5-13-25)41-38(43-39)26-14-6-2-7-15-26/h1-24,37,46H,(H,41,42,43). The maximum atomic E-state index is 10.0. The predicted octanol–water partition coefficient (Wildman–Crippen LogP) is 7.08. The minimum absolute atomic E-state index is 0.329. The molecular weight excluding hydrogens is 565 g/mol. The predicted molar refractivity (Wildman–Crippen MR) is 190 cm³/mol. The first-order valence-electron chi connectivity index (χ1n) is 15.3. The van der Waals surface area contributed by atoms with Crippen LogP contribution in [0.25, 0.3) is 49.3 Å². The Morgan fingerprint density at radius 3 is 1.93 bits per heavy atom. The molecule has 2 aromatic heterocycles.